The number of carbonyl (C=O) groups excluding carboxylic acids is 1. The monoisotopic (exact) mass is 539 g/mol. The maximum absolute atomic E-state index is 11.9. The first-order valence-electron chi connectivity index (χ1n) is 13.0. The number of pyridine rings is 1. The van der Waals surface area contributed by atoms with E-state index >= 15 is 0 Å². The van der Waals surface area contributed by atoms with Crippen LogP contribution >= 0.6 is 0 Å². The van der Waals surface area contributed by atoms with Crippen molar-refractivity contribution in [3.63, 3.8) is 0 Å². The number of benzene rings is 1. The van der Waals surface area contributed by atoms with Gasteiger partial charge in [0.2, 0.25) is 0 Å². The number of esters is 1. The summed E-state index contributed by atoms with van der Waals surface area (Å²) in [7, 11) is 0.229. The molecule has 0 saturated carbocycles. The molecule has 206 valence electrons. The van der Waals surface area contributed by atoms with Gasteiger partial charge >= 0.3 is 5.97 Å². The molecule has 0 spiro atoms. The van der Waals surface area contributed by atoms with Crippen LogP contribution in [0.5, 0.6) is 5.75 Å². The number of carbonyl (C=O) groups is 1. The van der Waals surface area contributed by atoms with E-state index in [0.717, 1.165) is 41.0 Å². The van der Waals surface area contributed by atoms with Gasteiger partial charge in [-0.3, -0.25) is 9.78 Å². The second-order valence-electron chi connectivity index (χ2n) is 11.1. The van der Waals surface area contributed by atoms with E-state index in [1.54, 1.807) is 13.8 Å². The van der Waals surface area contributed by atoms with Gasteiger partial charge < -0.3 is 23.5 Å². The molecule has 0 aliphatic rings. The molecule has 0 aliphatic heterocycles. The first-order valence-corrected chi connectivity index (χ1v) is 16.7. The highest BCUT2D eigenvalue weighted by Gasteiger charge is 2.29. The number of rotatable bonds is 14. The van der Waals surface area contributed by atoms with E-state index in [4.69, 9.17) is 28.9 Å². The quantitative estimate of drug-likeness (QED) is 0.140. The molecule has 0 aliphatic carbocycles. The fraction of sp³-hybridized carbons (Fsp3) is 0.483. The Bertz CT molecular complexity index is 1170. The van der Waals surface area contributed by atoms with Gasteiger partial charge in [-0.15, -0.1) is 0 Å². The van der Waals surface area contributed by atoms with Crippen molar-refractivity contribution in [3.05, 3.63) is 54.5 Å². The van der Waals surface area contributed by atoms with E-state index in [1.165, 1.54) is 7.11 Å². The van der Waals surface area contributed by atoms with E-state index < -0.39 is 13.5 Å². The van der Waals surface area contributed by atoms with Crippen molar-refractivity contribution < 1.29 is 23.7 Å². The average Bonchev–Trinajstić information content (AvgIpc) is 3.31. The van der Waals surface area contributed by atoms with Gasteiger partial charge in [0.25, 0.3) is 0 Å². The molecular formula is C29H41N3O5Si. The summed E-state index contributed by atoms with van der Waals surface area (Å²) < 4.78 is 24.2. The number of ether oxygens (including phenoxy) is 4. The van der Waals surface area contributed by atoms with Gasteiger partial charge in [-0.25, -0.2) is 4.98 Å². The van der Waals surface area contributed by atoms with Crippen molar-refractivity contribution in [2.75, 3.05) is 26.9 Å². The van der Waals surface area contributed by atoms with Crippen LogP contribution in [-0.2, 0) is 32.3 Å². The lowest BCUT2D eigenvalue weighted by Crippen LogP contribution is -2.32. The molecule has 0 fully saturated rings. The van der Waals surface area contributed by atoms with Crippen molar-refractivity contribution in [1.82, 2.24) is 14.5 Å². The van der Waals surface area contributed by atoms with Crippen LogP contribution in [-0.4, -0.2) is 55.5 Å². The van der Waals surface area contributed by atoms with Gasteiger partial charge in [0.15, 0.2) is 0 Å². The van der Waals surface area contributed by atoms with Crippen LogP contribution in [0.1, 0.15) is 26.5 Å². The van der Waals surface area contributed by atoms with Crippen LogP contribution in [0.3, 0.4) is 0 Å². The molecule has 38 heavy (non-hydrogen) atoms. The Kier molecular flexibility index (Phi) is 10.2. The average molecular weight is 540 g/mol. The first kappa shape index (κ1) is 29.5. The summed E-state index contributed by atoms with van der Waals surface area (Å²) in [6, 6.07) is 12.8. The highest BCUT2D eigenvalue weighted by molar-refractivity contribution is 6.76. The highest BCUT2D eigenvalue weighted by atomic mass is 28.3. The summed E-state index contributed by atoms with van der Waals surface area (Å²) in [5, 5.41) is 0. The van der Waals surface area contributed by atoms with Crippen LogP contribution in [0.4, 0.5) is 0 Å². The van der Waals surface area contributed by atoms with E-state index in [9.17, 15) is 4.79 Å². The zero-order valence-electron chi connectivity index (χ0n) is 23.7. The summed E-state index contributed by atoms with van der Waals surface area (Å²) in [6.07, 6.45) is 3.83. The number of aromatic nitrogens is 3. The van der Waals surface area contributed by atoms with Crippen LogP contribution in [0.15, 0.2) is 48.8 Å². The van der Waals surface area contributed by atoms with Gasteiger partial charge in [-0.2, -0.15) is 0 Å². The zero-order chi connectivity index (χ0) is 27.8. The highest BCUT2D eigenvalue weighted by Crippen LogP contribution is 2.26. The Morgan fingerprint density at radius 2 is 1.74 bits per heavy atom. The van der Waals surface area contributed by atoms with Crippen molar-refractivity contribution >= 4 is 14.0 Å². The molecule has 0 radical (unpaired) electrons. The van der Waals surface area contributed by atoms with Gasteiger partial charge in [-0.05, 0) is 63.2 Å². The van der Waals surface area contributed by atoms with Crippen LogP contribution in [0, 0.1) is 5.41 Å². The number of methoxy groups -OCH3 is 1. The smallest absolute Gasteiger partial charge is 0.314 e. The summed E-state index contributed by atoms with van der Waals surface area (Å²) in [5.41, 5.74) is 2.86. The van der Waals surface area contributed by atoms with Crippen LogP contribution in [0.2, 0.25) is 25.7 Å². The zero-order valence-corrected chi connectivity index (χ0v) is 24.7. The summed E-state index contributed by atoms with van der Waals surface area (Å²) in [5.74, 6) is 1.19. The van der Waals surface area contributed by atoms with Gasteiger partial charge in [0, 0.05) is 44.8 Å². The normalized spacial score (nSPS) is 12.0. The third-order valence-electron chi connectivity index (χ3n) is 6.02. The molecule has 2 aromatic heterocycles. The molecular weight excluding hydrogens is 498 g/mol. The largest absolute Gasteiger partial charge is 0.492 e. The number of nitrogens with zero attached hydrogens (tertiary/aromatic N) is 3. The van der Waals surface area contributed by atoms with Crippen molar-refractivity contribution in [1.29, 1.82) is 0 Å². The van der Waals surface area contributed by atoms with Crippen molar-refractivity contribution in [2.24, 2.45) is 5.41 Å². The minimum absolute atomic E-state index is 0.228. The Hall–Kier alpha value is -3.01. The Morgan fingerprint density at radius 3 is 2.34 bits per heavy atom. The third-order valence-corrected chi connectivity index (χ3v) is 7.72. The minimum atomic E-state index is -1.15. The molecule has 8 nitrogen and oxygen atoms in total. The molecule has 0 unspecified atom stereocenters. The lowest BCUT2D eigenvalue weighted by molar-refractivity contribution is -0.152. The SMILES string of the molecule is CCOCc1cn(COCC[Si](C)(C)C)c(-c2ccc(-c3ccc(OCC(C)(C)C(=O)OC)cc3)nc2)n1. The standard InChI is InChI=1S/C29H41N3O5Si/c1-8-35-19-24-18-32(21-36-15-16-38(5,6)7)27(31-24)23-11-14-26(30-17-23)22-9-12-25(13-10-22)37-20-29(2,3)28(33)34-4/h9-14,17-18H,8,15-16,19-21H2,1-7H3. The topological polar surface area (TPSA) is 84.7 Å². The van der Waals surface area contributed by atoms with E-state index in [1.807, 2.05) is 60.3 Å². The Labute approximate surface area is 227 Å². The fourth-order valence-electron chi connectivity index (χ4n) is 3.63. The van der Waals surface area contributed by atoms with E-state index in [2.05, 4.69) is 19.6 Å². The maximum Gasteiger partial charge on any atom is 0.314 e. The Balaban J connectivity index is 1.70. The number of imidazole rings is 1. The molecule has 3 rings (SSSR count). The second kappa shape index (κ2) is 13.2. The molecule has 0 atom stereocenters. The van der Waals surface area contributed by atoms with E-state index in [0.29, 0.717) is 25.7 Å². The lowest BCUT2D eigenvalue weighted by Gasteiger charge is -2.21. The summed E-state index contributed by atoms with van der Waals surface area (Å²) in [4.78, 5) is 21.4. The predicted molar refractivity (Wildman–Crippen MR) is 152 cm³/mol. The Morgan fingerprint density at radius 1 is 1.03 bits per heavy atom. The summed E-state index contributed by atoms with van der Waals surface area (Å²) >= 11 is 0. The molecule has 0 bridgehead atoms. The molecule has 0 N–H and O–H groups in total. The van der Waals surface area contributed by atoms with Gasteiger partial charge in [0.05, 0.1) is 30.5 Å². The molecule has 9 heteroatoms. The van der Waals surface area contributed by atoms with Gasteiger partial charge in [0.1, 0.15) is 24.9 Å². The fourth-order valence-corrected chi connectivity index (χ4v) is 4.39. The minimum Gasteiger partial charge on any atom is -0.492 e. The van der Waals surface area contributed by atoms with Crippen molar-refractivity contribution in [3.8, 4) is 28.4 Å². The second-order valence-corrected chi connectivity index (χ2v) is 16.8. The molecule has 1 aromatic carbocycles. The van der Waals surface area contributed by atoms with Crippen molar-refractivity contribution in [2.45, 2.75) is 59.8 Å². The first-order chi connectivity index (χ1) is 18.0. The number of hydrogen-bond donors (Lipinski definition) is 0. The molecule has 0 amide bonds. The predicted octanol–water partition coefficient (Wildman–Crippen LogP) is 6.04. The molecule has 0 saturated heterocycles. The third kappa shape index (κ3) is 8.51. The van der Waals surface area contributed by atoms with E-state index in [-0.39, 0.29) is 12.6 Å². The lowest BCUT2D eigenvalue weighted by atomic mass is 9.95. The molecule has 2 heterocycles. The van der Waals surface area contributed by atoms with Crippen LogP contribution in [0.25, 0.3) is 22.6 Å². The van der Waals surface area contributed by atoms with Gasteiger partial charge in [-0.1, -0.05) is 19.6 Å². The summed E-state index contributed by atoms with van der Waals surface area (Å²) in [6.45, 7) is 15.1. The maximum atomic E-state index is 11.9. The molecule has 3 aromatic rings. The number of hydrogen-bond acceptors (Lipinski definition) is 7. The van der Waals surface area contributed by atoms with Crippen LogP contribution < -0.4 is 4.74 Å².